The fourth-order valence-electron chi connectivity index (χ4n) is 4.09. The molecule has 4 rings (SSSR count). The first-order valence-corrected chi connectivity index (χ1v) is 9.18. The number of halogens is 5. The van der Waals surface area contributed by atoms with E-state index >= 15 is 0 Å². The molecule has 4 atom stereocenters. The van der Waals surface area contributed by atoms with Crippen molar-refractivity contribution in [2.45, 2.75) is 50.0 Å². The van der Waals surface area contributed by atoms with Crippen molar-refractivity contribution in [2.24, 2.45) is 0 Å². The number of carbonyl (C=O) groups excluding carboxylic acids is 1. The van der Waals surface area contributed by atoms with Crippen LogP contribution in [0.2, 0.25) is 0 Å². The summed E-state index contributed by atoms with van der Waals surface area (Å²) in [4.78, 5) is 22.8. The number of alkyl halides is 5. The first-order chi connectivity index (χ1) is 13.2. The minimum atomic E-state index is -4.57. The van der Waals surface area contributed by atoms with Gasteiger partial charge in [0.05, 0.1) is 24.8 Å². The second kappa shape index (κ2) is 7.18. The number of hydrogen-bond acceptors (Lipinski definition) is 5. The second-order valence-corrected chi connectivity index (χ2v) is 7.51. The summed E-state index contributed by atoms with van der Waals surface area (Å²) in [5.74, 6) is -1.43. The van der Waals surface area contributed by atoms with Gasteiger partial charge in [-0.05, 0) is 6.42 Å². The van der Waals surface area contributed by atoms with Crippen LogP contribution in [0.15, 0.2) is 6.20 Å². The van der Waals surface area contributed by atoms with Crippen LogP contribution in [-0.2, 0) is 23.9 Å². The first kappa shape index (κ1) is 19.4. The molecule has 0 spiro atoms. The third kappa shape index (κ3) is 3.69. The highest BCUT2D eigenvalue weighted by atomic mass is 19.4. The molecule has 3 aliphatic rings. The Balaban J connectivity index is 1.37. The molecule has 1 aromatic heterocycles. The zero-order valence-corrected chi connectivity index (χ0v) is 14.9. The van der Waals surface area contributed by atoms with Gasteiger partial charge in [-0.25, -0.2) is 18.7 Å². The fourth-order valence-corrected chi connectivity index (χ4v) is 4.09. The number of likely N-dealkylation sites (tertiary alicyclic amines) is 1. The van der Waals surface area contributed by atoms with Crippen molar-refractivity contribution in [3.63, 3.8) is 0 Å². The van der Waals surface area contributed by atoms with Gasteiger partial charge in [0.15, 0.2) is 12.3 Å². The number of amides is 1. The van der Waals surface area contributed by atoms with Crippen molar-refractivity contribution >= 4 is 5.91 Å². The van der Waals surface area contributed by atoms with E-state index in [1.54, 1.807) is 0 Å². The van der Waals surface area contributed by atoms with Gasteiger partial charge in [0.1, 0.15) is 0 Å². The van der Waals surface area contributed by atoms with Crippen LogP contribution in [-0.4, -0.2) is 76.3 Å². The molecular formula is C17H20F5N5O. The van der Waals surface area contributed by atoms with E-state index in [9.17, 15) is 26.7 Å². The number of hydrogen-bond donors (Lipinski definition) is 1. The standard InChI is InChI=1S/C17H20F5N5O/c18-11-7-27(8-12(11)19)15(28)14-3-10(5-23-14)26-2-1-13-9(6-26)4-24-16(25-13)17(20,21)22/h4,10-12,14,23H,1-3,5-8H2/t10-,11?,12?,14-/m0/s1. The summed E-state index contributed by atoms with van der Waals surface area (Å²) in [5, 5.41) is 3.11. The molecule has 0 bridgehead atoms. The number of carbonyl (C=O) groups is 1. The van der Waals surface area contributed by atoms with Crippen LogP contribution in [0.3, 0.4) is 0 Å². The fraction of sp³-hybridized carbons (Fsp3) is 0.706. The molecule has 1 amide bonds. The van der Waals surface area contributed by atoms with Crippen LogP contribution in [0.4, 0.5) is 22.0 Å². The quantitative estimate of drug-likeness (QED) is 0.747. The highest BCUT2D eigenvalue weighted by Crippen LogP contribution is 2.29. The maximum absolute atomic E-state index is 13.3. The molecule has 2 fully saturated rings. The van der Waals surface area contributed by atoms with E-state index in [0.717, 1.165) is 0 Å². The van der Waals surface area contributed by atoms with E-state index in [4.69, 9.17) is 0 Å². The number of rotatable bonds is 2. The summed E-state index contributed by atoms with van der Waals surface area (Å²) in [5.41, 5.74) is 1.05. The van der Waals surface area contributed by atoms with Crippen molar-refractivity contribution in [1.82, 2.24) is 25.1 Å². The Bertz CT molecular complexity index is 750. The molecule has 0 radical (unpaired) electrons. The average Bonchev–Trinajstić information content (AvgIpc) is 3.27. The lowest BCUT2D eigenvalue weighted by Crippen LogP contribution is -2.43. The largest absolute Gasteiger partial charge is 0.451 e. The normalized spacial score (nSPS) is 31.2. The molecule has 2 saturated heterocycles. The van der Waals surface area contributed by atoms with Crippen LogP contribution < -0.4 is 5.32 Å². The zero-order chi connectivity index (χ0) is 20.1. The van der Waals surface area contributed by atoms with E-state index in [1.165, 1.54) is 11.1 Å². The predicted molar refractivity (Wildman–Crippen MR) is 87.7 cm³/mol. The molecule has 6 nitrogen and oxygen atoms in total. The maximum atomic E-state index is 13.3. The van der Waals surface area contributed by atoms with Gasteiger partial charge in [-0.3, -0.25) is 9.69 Å². The number of aromatic nitrogens is 2. The van der Waals surface area contributed by atoms with Crippen LogP contribution in [0.1, 0.15) is 23.5 Å². The van der Waals surface area contributed by atoms with Crippen LogP contribution in [0, 0.1) is 0 Å². The molecular weight excluding hydrogens is 385 g/mol. The van der Waals surface area contributed by atoms with Crippen molar-refractivity contribution in [3.8, 4) is 0 Å². The number of fused-ring (bicyclic) bond motifs is 1. The van der Waals surface area contributed by atoms with E-state index in [-0.39, 0.29) is 25.0 Å². The van der Waals surface area contributed by atoms with Crippen LogP contribution in [0.5, 0.6) is 0 Å². The maximum Gasteiger partial charge on any atom is 0.451 e. The topological polar surface area (TPSA) is 61.4 Å². The van der Waals surface area contributed by atoms with E-state index < -0.39 is 30.4 Å². The molecule has 4 heterocycles. The Morgan fingerprint density at radius 1 is 1.21 bits per heavy atom. The highest BCUT2D eigenvalue weighted by Gasteiger charge is 2.41. The summed E-state index contributed by atoms with van der Waals surface area (Å²) in [6, 6.07) is -0.498. The SMILES string of the molecule is O=C([C@@H]1C[C@H](N2CCc3nc(C(F)(F)F)ncc3C2)CN1)N1CC(F)C(F)C1. The number of nitrogens with zero attached hydrogens (tertiary/aromatic N) is 4. The monoisotopic (exact) mass is 405 g/mol. The summed E-state index contributed by atoms with van der Waals surface area (Å²) < 4.78 is 64.9. The third-order valence-corrected chi connectivity index (χ3v) is 5.63. The smallest absolute Gasteiger partial charge is 0.335 e. The molecule has 0 aromatic carbocycles. The predicted octanol–water partition coefficient (Wildman–Crippen LogP) is 1.10. The Kier molecular flexibility index (Phi) is 4.98. The molecule has 2 unspecified atom stereocenters. The summed E-state index contributed by atoms with van der Waals surface area (Å²) in [7, 11) is 0. The van der Waals surface area contributed by atoms with Gasteiger partial charge < -0.3 is 10.2 Å². The first-order valence-electron chi connectivity index (χ1n) is 9.18. The Labute approximate surface area is 158 Å². The van der Waals surface area contributed by atoms with E-state index in [2.05, 4.69) is 20.2 Å². The minimum Gasteiger partial charge on any atom is -0.335 e. The lowest BCUT2D eigenvalue weighted by Gasteiger charge is -2.32. The van der Waals surface area contributed by atoms with E-state index in [1.807, 2.05) is 0 Å². The Morgan fingerprint density at radius 3 is 2.61 bits per heavy atom. The van der Waals surface area contributed by atoms with Crippen molar-refractivity contribution in [1.29, 1.82) is 0 Å². The van der Waals surface area contributed by atoms with Crippen LogP contribution >= 0.6 is 0 Å². The lowest BCUT2D eigenvalue weighted by molar-refractivity contribution is -0.145. The van der Waals surface area contributed by atoms with Gasteiger partial charge in [-0.15, -0.1) is 0 Å². The lowest BCUT2D eigenvalue weighted by atomic mass is 10.0. The second-order valence-electron chi connectivity index (χ2n) is 7.51. The molecule has 1 aromatic rings. The van der Waals surface area contributed by atoms with Crippen molar-refractivity contribution in [2.75, 3.05) is 26.2 Å². The Morgan fingerprint density at radius 2 is 1.93 bits per heavy atom. The van der Waals surface area contributed by atoms with Crippen molar-refractivity contribution in [3.05, 3.63) is 23.3 Å². The number of nitrogens with one attached hydrogen (secondary N) is 1. The molecule has 154 valence electrons. The van der Waals surface area contributed by atoms with Gasteiger partial charge in [-0.1, -0.05) is 0 Å². The molecule has 11 heteroatoms. The zero-order valence-electron chi connectivity index (χ0n) is 14.9. The van der Waals surface area contributed by atoms with Gasteiger partial charge in [-0.2, -0.15) is 13.2 Å². The molecule has 28 heavy (non-hydrogen) atoms. The summed E-state index contributed by atoms with van der Waals surface area (Å²) in [6.45, 7) is 1.01. The highest BCUT2D eigenvalue weighted by molar-refractivity contribution is 5.82. The van der Waals surface area contributed by atoms with Gasteiger partial charge in [0.2, 0.25) is 11.7 Å². The molecule has 3 aliphatic heterocycles. The Hall–Kier alpha value is -1.88. The van der Waals surface area contributed by atoms with Gasteiger partial charge in [0, 0.05) is 43.9 Å². The van der Waals surface area contributed by atoms with Crippen molar-refractivity contribution < 1.29 is 26.7 Å². The summed E-state index contributed by atoms with van der Waals surface area (Å²) >= 11 is 0. The third-order valence-electron chi connectivity index (χ3n) is 5.63. The van der Waals surface area contributed by atoms with Crippen LogP contribution in [0.25, 0.3) is 0 Å². The van der Waals surface area contributed by atoms with E-state index in [0.29, 0.717) is 43.7 Å². The molecule has 1 N–H and O–H groups in total. The van der Waals surface area contributed by atoms with Gasteiger partial charge in [0.25, 0.3) is 0 Å². The molecule has 0 aliphatic carbocycles. The minimum absolute atomic E-state index is 0.00865. The van der Waals surface area contributed by atoms with Gasteiger partial charge >= 0.3 is 6.18 Å². The summed E-state index contributed by atoms with van der Waals surface area (Å²) in [6.07, 6.45) is -5.77. The average molecular weight is 405 g/mol. The molecule has 0 saturated carbocycles.